The van der Waals surface area contributed by atoms with E-state index in [4.69, 9.17) is 33.2 Å². The maximum absolute atomic E-state index is 14.3. The van der Waals surface area contributed by atoms with Gasteiger partial charge in [0.05, 0.1) is 36.2 Å². The summed E-state index contributed by atoms with van der Waals surface area (Å²) in [6.07, 6.45) is -1.08. The summed E-state index contributed by atoms with van der Waals surface area (Å²) in [5.74, 6) is 1.10. The quantitative estimate of drug-likeness (QED) is 0.228. The van der Waals surface area contributed by atoms with Crippen LogP contribution in [-0.4, -0.2) is 87.1 Å². The lowest BCUT2D eigenvalue weighted by molar-refractivity contribution is -0.0911. The lowest BCUT2D eigenvalue weighted by atomic mass is 9.99. The number of fused-ring (bicyclic) bond motifs is 2. The van der Waals surface area contributed by atoms with E-state index in [-0.39, 0.29) is 61.9 Å². The number of benzene rings is 3. The molecule has 0 N–H and O–H groups in total. The van der Waals surface area contributed by atoms with E-state index in [0.29, 0.717) is 30.3 Å². The molecule has 3 aromatic carbocycles. The average molecular weight is 741 g/mol. The summed E-state index contributed by atoms with van der Waals surface area (Å²) in [6, 6.07) is 17.6. The zero-order valence-electron chi connectivity index (χ0n) is 29.7. The molecule has 280 valence electrons. The second-order valence-electron chi connectivity index (χ2n) is 14.5. The maximum atomic E-state index is 14.3. The van der Waals surface area contributed by atoms with Crippen LogP contribution in [0.2, 0.25) is 0 Å². The Morgan fingerprint density at radius 3 is 2.48 bits per heavy atom. The number of carbonyl (C=O) groups is 1. The van der Waals surface area contributed by atoms with Crippen molar-refractivity contribution in [2.45, 2.75) is 82.3 Å². The standard InChI is InChI=1S/C38H45FN2O10S/c1-24(2)19-40(52(43,44)29-13-14-32-33(18-29)49-23-48-32)20-34-31(17-25-7-11-28(12-8-25)46-21-26-5-9-27(39)10-6-26)41(38(3,4)51-34)37(42)50-35-22-47-36-30(35)15-16-45-36/h5-14,18,24,30-31,34-36H,15-17,19-23H2,1-4H3/t30-,31-,34+,35-,36+/m0/s1. The first-order valence-corrected chi connectivity index (χ1v) is 19.1. The number of halogens is 1. The molecular weight excluding hydrogens is 695 g/mol. The van der Waals surface area contributed by atoms with Crippen LogP contribution < -0.4 is 14.2 Å². The number of ether oxygens (including phenoxy) is 7. The first-order valence-electron chi connectivity index (χ1n) is 17.6. The summed E-state index contributed by atoms with van der Waals surface area (Å²) in [7, 11) is -4.03. The number of sulfonamides is 1. The number of amides is 1. The predicted molar refractivity (Wildman–Crippen MR) is 186 cm³/mol. The predicted octanol–water partition coefficient (Wildman–Crippen LogP) is 5.73. The molecule has 14 heteroatoms. The molecule has 0 radical (unpaired) electrons. The van der Waals surface area contributed by atoms with Gasteiger partial charge in [0.25, 0.3) is 0 Å². The molecule has 0 saturated carbocycles. The fourth-order valence-corrected chi connectivity index (χ4v) is 8.95. The summed E-state index contributed by atoms with van der Waals surface area (Å²) >= 11 is 0. The topological polar surface area (TPSA) is 122 Å². The summed E-state index contributed by atoms with van der Waals surface area (Å²) in [5.41, 5.74) is 0.574. The Bertz CT molecular complexity index is 1840. The Kier molecular flexibility index (Phi) is 10.4. The Hall–Kier alpha value is -3.95. The van der Waals surface area contributed by atoms with Crippen molar-refractivity contribution in [1.82, 2.24) is 9.21 Å². The van der Waals surface area contributed by atoms with Gasteiger partial charge in [-0.1, -0.05) is 38.1 Å². The first kappa shape index (κ1) is 36.4. The van der Waals surface area contributed by atoms with Crippen LogP contribution in [-0.2, 0) is 42.0 Å². The normalized spacial score (nSPS) is 24.8. The number of rotatable bonds is 12. The maximum Gasteiger partial charge on any atom is 0.412 e. The van der Waals surface area contributed by atoms with Crippen molar-refractivity contribution >= 4 is 16.1 Å². The minimum Gasteiger partial charge on any atom is -0.489 e. The summed E-state index contributed by atoms with van der Waals surface area (Å²) in [4.78, 5) is 15.8. The van der Waals surface area contributed by atoms with Gasteiger partial charge in [-0.15, -0.1) is 0 Å². The zero-order valence-corrected chi connectivity index (χ0v) is 30.6. The third kappa shape index (κ3) is 7.72. The van der Waals surface area contributed by atoms with Crippen LogP contribution in [0.15, 0.2) is 71.6 Å². The molecule has 0 unspecified atom stereocenters. The molecule has 4 aliphatic rings. The molecule has 0 spiro atoms. The van der Waals surface area contributed by atoms with Crippen molar-refractivity contribution < 1.29 is 50.8 Å². The molecular formula is C38H45FN2O10S. The minimum atomic E-state index is -4.03. The van der Waals surface area contributed by atoms with Gasteiger partial charge in [-0.2, -0.15) is 4.31 Å². The monoisotopic (exact) mass is 740 g/mol. The smallest absolute Gasteiger partial charge is 0.412 e. The molecule has 3 saturated heterocycles. The van der Waals surface area contributed by atoms with Crippen LogP contribution in [0.1, 0.15) is 45.2 Å². The highest BCUT2D eigenvalue weighted by atomic mass is 32.2. The van der Waals surface area contributed by atoms with Gasteiger partial charge in [-0.3, -0.25) is 4.90 Å². The van der Waals surface area contributed by atoms with Crippen molar-refractivity contribution in [3.05, 3.63) is 83.7 Å². The average Bonchev–Trinajstić information content (AvgIpc) is 3.89. The van der Waals surface area contributed by atoms with Crippen LogP contribution >= 0.6 is 0 Å². The van der Waals surface area contributed by atoms with Gasteiger partial charge < -0.3 is 33.2 Å². The van der Waals surface area contributed by atoms with Crippen LogP contribution in [0.5, 0.6) is 17.2 Å². The molecule has 5 atom stereocenters. The second-order valence-corrected chi connectivity index (χ2v) is 16.4. The van der Waals surface area contributed by atoms with Crippen molar-refractivity contribution in [2.24, 2.45) is 11.8 Å². The van der Waals surface area contributed by atoms with E-state index in [1.54, 1.807) is 36.9 Å². The van der Waals surface area contributed by atoms with Crippen LogP contribution in [0, 0.1) is 17.7 Å². The molecule has 4 heterocycles. The molecule has 1 amide bonds. The largest absolute Gasteiger partial charge is 0.489 e. The third-order valence-corrected chi connectivity index (χ3v) is 11.7. The number of hydrogen-bond acceptors (Lipinski definition) is 10. The van der Waals surface area contributed by atoms with Gasteiger partial charge in [-0.05, 0) is 80.1 Å². The molecule has 0 aliphatic carbocycles. The summed E-state index contributed by atoms with van der Waals surface area (Å²) in [6.45, 7) is 8.76. The SMILES string of the molecule is CC(C)CN(C[C@H]1OC(C)(C)N(C(=O)O[C@H]2CO[C@H]3OCC[C@H]32)[C@H]1Cc1ccc(OCc2ccc(F)cc2)cc1)S(=O)(=O)c1ccc2c(c1)OCO2. The summed E-state index contributed by atoms with van der Waals surface area (Å²) < 4.78 is 84.2. The Morgan fingerprint density at radius 2 is 1.73 bits per heavy atom. The highest BCUT2D eigenvalue weighted by molar-refractivity contribution is 7.89. The van der Waals surface area contributed by atoms with Gasteiger partial charge >= 0.3 is 6.09 Å². The van der Waals surface area contributed by atoms with E-state index < -0.39 is 40.1 Å². The van der Waals surface area contributed by atoms with Crippen LogP contribution in [0.4, 0.5) is 9.18 Å². The van der Waals surface area contributed by atoms with E-state index in [0.717, 1.165) is 17.5 Å². The molecule has 7 rings (SSSR count). The van der Waals surface area contributed by atoms with E-state index in [1.165, 1.54) is 28.6 Å². The lowest BCUT2D eigenvalue weighted by Crippen LogP contribution is -2.51. The molecule has 0 aromatic heterocycles. The Balaban J connectivity index is 1.15. The van der Waals surface area contributed by atoms with E-state index in [2.05, 4.69) is 0 Å². The van der Waals surface area contributed by atoms with Crippen LogP contribution in [0.25, 0.3) is 0 Å². The first-order chi connectivity index (χ1) is 24.9. The van der Waals surface area contributed by atoms with E-state index in [9.17, 15) is 17.6 Å². The molecule has 3 aromatic rings. The molecule has 12 nitrogen and oxygen atoms in total. The minimum absolute atomic E-state index is 0.0101. The van der Waals surface area contributed by atoms with Gasteiger partial charge in [0, 0.05) is 19.2 Å². The van der Waals surface area contributed by atoms with Gasteiger partial charge in [0.1, 0.15) is 30.0 Å². The van der Waals surface area contributed by atoms with Crippen LogP contribution in [0.3, 0.4) is 0 Å². The highest BCUT2D eigenvalue weighted by Gasteiger charge is 2.53. The molecule has 3 fully saturated rings. The van der Waals surface area contributed by atoms with Crippen molar-refractivity contribution in [3.8, 4) is 17.2 Å². The Morgan fingerprint density at radius 1 is 1.00 bits per heavy atom. The van der Waals surface area contributed by atoms with Gasteiger partial charge in [-0.25, -0.2) is 17.6 Å². The number of hydrogen-bond donors (Lipinski definition) is 0. The van der Waals surface area contributed by atoms with E-state index in [1.807, 2.05) is 38.1 Å². The van der Waals surface area contributed by atoms with Crippen molar-refractivity contribution in [3.63, 3.8) is 0 Å². The van der Waals surface area contributed by atoms with Crippen molar-refractivity contribution in [1.29, 1.82) is 0 Å². The fraction of sp³-hybridized carbons (Fsp3) is 0.500. The number of nitrogens with zero attached hydrogens (tertiary/aromatic N) is 2. The highest BCUT2D eigenvalue weighted by Crippen LogP contribution is 2.40. The summed E-state index contributed by atoms with van der Waals surface area (Å²) in [5, 5.41) is 0. The Labute approximate surface area is 303 Å². The lowest BCUT2D eigenvalue weighted by Gasteiger charge is -2.34. The zero-order chi connectivity index (χ0) is 36.6. The number of carbonyl (C=O) groups excluding carboxylic acids is 1. The van der Waals surface area contributed by atoms with E-state index >= 15 is 0 Å². The van der Waals surface area contributed by atoms with Crippen molar-refractivity contribution in [2.75, 3.05) is 33.1 Å². The third-order valence-electron chi connectivity index (χ3n) is 9.84. The fourth-order valence-electron chi connectivity index (χ4n) is 7.32. The van der Waals surface area contributed by atoms with Gasteiger partial charge in [0.15, 0.2) is 17.8 Å². The molecule has 4 aliphatic heterocycles. The molecule has 52 heavy (non-hydrogen) atoms. The molecule has 0 bridgehead atoms. The van der Waals surface area contributed by atoms with Gasteiger partial charge in [0.2, 0.25) is 16.8 Å². The second kappa shape index (κ2) is 14.8.